The minimum absolute atomic E-state index is 0.00971. The van der Waals surface area contributed by atoms with Crippen molar-refractivity contribution in [2.75, 3.05) is 50.9 Å². The third kappa shape index (κ3) is 8.12. The van der Waals surface area contributed by atoms with Crippen LogP contribution < -0.4 is 9.64 Å². The number of rotatable bonds is 10. The normalized spacial score (nSPS) is 18.3. The molecule has 1 unspecified atom stereocenters. The molecule has 15 heteroatoms. The van der Waals surface area contributed by atoms with Gasteiger partial charge in [-0.1, -0.05) is 36.4 Å². The Labute approximate surface area is 375 Å². The standard InChI is InChI=1S/C50H51F2N7O6/c1-31-21-33-5-3-4-6-35(33)29-57(31)48(62)41-24-36-28-56(46(61)22-32-7-10-39(11-8-32)65-20-17-55-15-18-64-19-16-55)14-13-34(36)23-40(41)45-26-43-47(54(45)2)42-25-38(60)9-12-44(42)59(49(43)63)37-27-53-58(30-37)50(51)52/h3-12,23-27,30-31,49-50,60,63H,13-22,28-29H2,1-2H3/t31-,49?/m1/s1. The third-order valence-electron chi connectivity index (χ3n) is 13.4. The van der Waals surface area contributed by atoms with Gasteiger partial charge in [-0.05, 0) is 96.1 Å². The molecule has 10 rings (SSSR count). The van der Waals surface area contributed by atoms with Crippen LogP contribution >= 0.6 is 0 Å². The molecule has 1 saturated heterocycles. The second kappa shape index (κ2) is 17.4. The van der Waals surface area contributed by atoms with Gasteiger partial charge in [-0.2, -0.15) is 13.9 Å². The van der Waals surface area contributed by atoms with Gasteiger partial charge < -0.3 is 39.0 Å². The first kappa shape index (κ1) is 42.4. The van der Waals surface area contributed by atoms with Crippen LogP contribution in [0, 0.1) is 0 Å². The van der Waals surface area contributed by atoms with Crippen molar-refractivity contribution < 1.29 is 38.1 Å². The van der Waals surface area contributed by atoms with Gasteiger partial charge in [0.1, 0.15) is 18.1 Å². The SMILES string of the molecule is C[C@@H]1Cc2ccccc2CN1C(=O)c1cc2c(cc1-c1cc3c(n1C)-c1cc(O)ccc1N(c1cnn(C(F)F)c1)C3O)CCN(C(=O)Cc1ccc(OCCN3CCOCC3)cc1)C2. The van der Waals surface area contributed by atoms with Crippen molar-refractivity contribution in [3.8, 4) is 34.0 Å². The number of carbonyl (C=O) groups excluding carboxylic acids is 2. The minimum atomic E-state index is -2.88. The second-order valence-corrected chi connectivity index (χ2v) is 17.4. The van der Waals surface area contributed by atoms with Crippen molar-refractivity contribution in [2.24, 2.45) is 7.05 Å². The zero-order valence-corrected chi connectivity index (χ0v) is 36.4. The maximum absolute atomic E-state index is 15.1. The number of aliphatic hydroxyl groups is 1. The molecule has 0 saturated carbocycles. The number of aromatic hydroxyl groups is 1. The zero-order chi connectivity index (χ0) is 44.9. The van der Waals surface area contributed by atoms with Crippen LogP contribution in [0.4, 0.5) is 20.2 Å². The van der Waals surface area contributed by atoms with Crippen LogP contribution in [0.5, 0.6) is 11.5 Å². The number of ether oxygens (including phenoxy) is 2. The van der Waals surface area contributed by atoms with Crippen LogP contribution in [0.1, 0.15) is 63.4 Å². The van der Waals surface area contributed by atoms with Crippen LogP contribution in [0.15, 0.2) is 97.3 Å². The van der Waals surface area contributed by atoms with Gasteiger partial charge >= 0.3 is 6.55 Å². The molecule has 13 nitrogen and oxygen atoms in total. The third-order valence-corrected chi connectivity index (χ3v) is 13.4. The Kier molecular flexibility index (Phi) is 11.4. The molecule has 1 fully saturated rings. The molecular weight excluding hydrogens is 833 g/mol. The van der Waals surface area contributed by atoms with Crippen LogP contribution in [0.25, 0.3) is 22.5 Å². The average molecular weight is 884 g/mol. The first-order valence-corrected chi connectivity index (χ1v) is 22.2. The summed E-state index contributed by atoms with van der Waals surface area (Å²) < 4.78 is 41.3. The van der Waals surface area contributed by atoms with Gasteiger partial charge in [-0.3, -0.25) is 14.5 Å². The Morgan fingerprint density at radius 1 is 0.908 bits per heavy atom. The first-order chi connectivity index (χ1) is 31.5. The first-order valence-electron chi connectivity index (χ1n) is 22.2. The fourth-order valence-electron chi connectivity index (χ4n) is 9.88. The van der Waals surface area contributed by atoms with E-state index in [0.717, 1.165) is 60.9 Å². The van der Waals surface area contributed by atoms with E-state index in [2.05, 4.69) is 29.1 Å². The number of alkyl halides is 2. The predicted octanol–water partition coefficient (Wildman–Crippen LogP) is 7.22. The number of halogens is 2. The van der Waals surface area contributed by atoms with Gasteiger partial charge in [0.25, 0.3) is 5.91 Å². The quantitative estimate of drug-likeness (QED) is 0.147. The summed E-state index contributed by atoms with van der Waals surface area (Å²) in [7, 11) is 1.86. The van der Waals surface area contributed by atoms with Gasteiger partial charge in [0.2, 0.25) is 5.91 Å². The van der Waals surface area contributed by atoms with Crippen molar-refractivity contribution in [1.82, 2.24) is 29.0 Å². The molecule has 0 radical (unpaired) electrons. The van der Waals surface area contributed by atoms with E-state index in [4.69, 9.17) is 9.47 Å². The molecule has 2 N–H and O–H groups in total. The van der Waals surface area contributed by atoms with Crippen LogP contribution in [0.3, 0.4) is 0 Å². The van der Waals surface area contributed by atoms with Gasteiger partial charge in [-0.25, -0.2) is 4.68 Å². The topological polar surface area (TPSA) is 129 Å². The van der Waals surface area contributed by atoms with E-state index in [1.54, 1.807) is 12.1 Å². The van der Waals surface area contributed by atoms with Crippen molar-refractivity contribution in [3.63, 3.8) is 0 Å². The number of anilines is 2. The highest BCUT2D eigenvalue weighted by Crippen LogP contribution is 2.51. The van der Waals surface area contributed by atoms with Gasteiger partial charge in [0, 0.05) is 80.3 Å². The van der Waals surface area contributed by atoms with Gasteiger partial charge in [-0.15, -0.1) is 0 Å². The van der Waals surface area contributed by atoms with Crippen LogP contribution in [0.2, 0.25) is 0 Å². The lowest BCUT2D eigenvalue weighted by Gasteiger charge is -2.36. The smallest absolute Gasteiger partial charge is 0.333 e. The Balaban J connectivity index is 0.969. The largest absolute Gasteiger partial charge is 0.508 e. The van der Waals surface area contributed by atoms with E-state index < -0.39 is 12.8 Å². The molecule has 4 aliphatic rings. The maximum Gasteiger partial charge on any atom is 0.333 e. The number of phenols is 1. The Morgan fingerprint density at radius 3 is 2.46 bits per heavy atom. The summed E-state index contributed by atoms with van der Waals surface area (Å²) in [6.07, 6.45) is 2.62. The zero-order valence-electron chi connectivity index (χ0n) is 36.4. The maximum atomic E-state index is 15.1. The molecule has 2 aromatic heterocycles. The van der Waals surface area contributed by atoms with Crippen molar-refractivity contribution in [3.05, 3.63) is 136 Å². The van der Waals surface area contributed by atoms with Crippen molar-refractivity contribution >= 4 is 23.2 Å². The molecule has 65 heavy (non-hydrogen) atoms. The van der Waals surface area contributed by atoms with E-state index >= 15 is 4.79 Å². The Hall–Kier alpha value is -6.55. The summed E-state index contributed by atoms with van der Waals surface area (Å²) >= 11 is 0. The highest BCUT2D eigenvalue weighted by molar-refractivity contribution is 6.02. The van der Waals surface area contributed by atoms with E-state index in [1.807, 2.05) is 76.0 Å². The molecule has 2 amide bonds. The number of aliphatic hydroxyl groups excluding tert-OH is 1. The number of hydrogen-bond acceptors (Lipinski definition) is 9. The molecular formula is C50H51F2N7O6. The summed E-state index contributed by atoms with van der Waals surface area (Å²) in [6, 6.07) is 26.3. The number of aromatic nitrogens is 3. The molecule has 336 valence electrons. The fourth-order valence-corrected chi connectivity index (χ4v) is 9.88. The Morgan fingerprint density at radius 2 is 1.69 bits per heavy atom. The lowest BCUT2D eigenvalue weighted by molar-refractivity contribution is -0.131. The number of morpholine rings is 1. The molecule has 0 spiro atoms. The summed E-state index contributed by atoms with van der Waals surface area (Å²) in [4.78, 5) is 36.7. The van der Waals surface area contributed by atoms with Crippen molar-refractivity contribution in [2.45, 2.75) is 58.1 Å². The molecule has 6 heterocycles. The van der Waals surface area contributed by atoms with E-state index in [-0.39, 0.29) is 35.7 Å². The minimum Gasteiger partial charge on any atom is -0.508 e. The second-order valence-electron chi connectivity index (χ2n) is 17.4. The number of carbonyl (C=O) groups is 2. The molecule has 4 aromatic carbocycles. The molecule has 2 atom stereocenters. The van der Waals surface area contributed by atoms with E-state index in [0.29, 0.717) is 83.1 Å². The van der Waals surface area contributed by atoms with Gasteiger partial charge in [0.15, 0.2) is 6.23 Å². The number of phenolic OH excluding ortho intramolecular Hbond substituents is 1. The fraction of sp³-hybridized carbons (Fsp3) is 0.340. The number of fused-ring (bicyclic) bond motifs is 5. The lowest BCUT2D eigenvalue weighted by Crippen LogP contribution is -2.43. The monoisotopic (exact) mass is 883 g/mol. The van der Waals surface area contributed by atoms with E-state index in [9.17, 15) is 23.8 Å². The summed E-state index contributed by atoms with van der Waals surface area (Å²) in [5.74, 6) is 0.584. The number of hydrogen-bond donors (Lipinski definition) is 2. The van der Waals surface area contributed by atoms with Gasteiger partial charge in [0.05, 0.1) is 49.1 Å². The number of amides is 2. The molecule has 6 aromatic rings. The summed E-state index contributed by atoms with van der Waals surface area (Å²) in [5, 5.41) is 26.7. The number of benzene rings is 4. The van der Waals surface area contributed by atoms with Crippen molar-refractivity contribution in [1.29, 1.82) is 0 Å². The summed E-state index contributed by atoms with van der Waals surface area (Å²) in [6.45, 7) is 5.16. The van der Waals surface area contributed by atoms with E-state index in [1.165, 1.54) is 28.9 Å². The average Bonchev–Trinajstić information content (AvgIpc) is 3.95. The highest BCUT2D eigenvalue weighted by Gasteiger charge is 2.37. The van der Waals surface area contributed by atoms with Crippen LogP contribution in [-0.2, 0) is 48.9 Å². The highest BCUT2D eigenvalue weighted by atomic mass is 19.3. The lowest BCUT2D eigenvalue weighted by atomic mass is 9.89. The summed E-state index contributed by atoms with van der Waals surface area (Å²) in [5.41, 5.74) is 9.23. The molecule has 4 aliphatic heterocycles. The molecule has 0 bridgehead atoms. The van der Waals surface area contributed by atoms with Crippen LogP contribution in [-0.4, -0.2) is 103 Å². The number of nitrogens with zero attached hydrogens (tertiary/aromatic N) is 7. The Bertz CT molecular complexity index is 2760. The predicted molar refractivity (Wildman–Crippen MR) is 240 cm³/mol. The molecule has 0 aliphatic carbocycles.